The summed E-state index contributed by atoms with van der Waals surface area (Å²) in [6, 6.07) is 16.2. The second-order valence-corrected chi connectivity index (χ2v) is 20.6. The van der Waals surface area contributed by atoms with Gasteiger partial charge in [-0.25, -0.2) is 9.97 Å². The molecule has 18 nitrogen and oxygen atoms in total. The average Bonchev–Trinajstić information content (AvgIpc) is 4.00. The number of hydrogen-bond donors (Lipinski definition) is 4. The van der Waals surface area contributed by atoms with Gasteiger partial charge in [-0.1, -0.05) is 30.0 Å². The van der Waals surface area contributed by atoms with Gasteiger partial charge in [-0.15, -0.1) is 10.2 Å². The summed E-state index contributed by atoms with van der Waals surface area (Å²) in [6.07, 6.45) is 9.53. The number of carbonyl (C=O) groups excluding carboxylic acids is 5. The highest BCUT2D eigenvalue weighted by Gasteiger charge is 2.49. The van der Waals surface area contributed by atoms with Crippen molar-refractivity contribution in [3.8, 4) is 0 Å². The van der Waals surface area contributed by atoms with Crippen molar-refractivity contribution in [1.82, 2.24) is 40.6 Å². The molecule has 0 radical (unpaired) electrons. The van der Waals surface area contributed by atoms with Crippen molar-refractivity contribution >= 4 is 58.6 Å². The molecular formula is C49H58N12O6S. The minimum atomic E-state index is -0.678. The summed E-state index contributed by atoms with van der Waals surface area (Å²) in [4.78, 5) is 81.9. The minimum Gasteiger partial charge on any atom is -0.376 e. The van der Waals surface area contributed by atoms with Crippen LogP contribution in [0.4, 0.5) is 17.3 Å². The molecule has 6 aliphatic heterocycles. The molecule has 5 fully saturated rings. The summed E-state index contributed by atoms with van der Waals surface area (Å²) < 4.78 is 5.88. The van der Waals surface area contributed by atoms with Gasteiger partial charge >= 0.3 is 0 Å². The highest BCUT2D eigenvalue weighted by Crippen LogP contribution is 2.43. The van der Waals surface area contributed by atoms with E-state index in [2.05, 4.69) is 47.8 Å². The number of piperidine rings is 2. The summed E-state index contributed by atoms with van der Waals surface area (Å²) in [7, 11) is 0. The molecule has 1 unspecified atom stereocenters. The molecule has 4 aromatic rings. The van der Waals surface area contributed by atoms with Crippen LogP contribution >= 0.6 is 11.8 Å². The number of anilines is 3. The molecule has 6 aliphatic rings. The molecule has 356 valence electrons. The molecule has 68 heavy (non-hydrogen) atoms. The number of ether oxygens (including phenoxy) is 1. The van der Waals surface area contributed by atoms with E-state index in [1.54, 1.807) is 18.2 Å². The second kappa shape index (κ2) is 19.2. The van der Waals surface area contributed by atoms with Crippen LogP contribution in [0, 0.1) is 10.8 Å². The van der Waals surface area contributed by atoms with Crippen LogP contribution in [0.3, 0.4) is 0 Å². The lowest BCUT2D eigenvalue weighted by molar-refractivity contribution is -0.137. The van der Waals surface area contributed by atoms with Crippen molar-refractivity contribution in [2.45, 2.75) is 99.5 Å². The van der Waals surface area contributed by atoms with Gasteiger partial charge < -0.3 is 40.7 Å². The fourth-order valence-corrected chi connectivity index (χ4v) is 11.6. The van der Waals surface area contributed by atoms with E-state index < -0.39 is 11.9 Å². The number of nitrogens with zero attached hydrogens (tertiary/aromatic N) is 8. The maximum absolute atomic E-state index is 13.0. The number of benzene rings is 2. The molecule has 0 saturated carbocycles. The molecule has 2 spiro atoms. The predicted octanol–water partition coefficient (Wildman–Crippen LogP) is 3.76. The third-order valence-corrected chi connectivity index (χ3v) is 15.7. The lowest BCUT2D eigenvalue weighted by atomic mass is 9.73. The summed E-state index contributed by atoms with van der Waals surface area (Å²) >= 11 is 1.52. The van der Waals surface area contributed by atoms with Gasteiger partial charge in [-0.3, -0.25) is 29.3 Å². The number of nitrogens with one attached hydrogen (secondary N) is 3. The molecule has 2 aromatic heterocycles. The molecule has 19 heteroatoms. The quantitative estimate of drug-likeness (QED) is 0.104. The molecule has 2 aromatic carbocycles. The first-order valence-electron chi connectivity index (χ1n) is 23.8. The lowest BCUT2D eigenvalue weighted by Gasteiger charge is -2.48. The molecule has 0 aliphatic carbocycles. The molecule has 5 saturated heterocycles. The number of imide groups is 1. The first-order chi connectivity index (χ1) is 32.9. The van der Waals surface area contributed by atoms with Gasteiger partial charge in [0, 0.05) is 98.2 Å². The van der Waals surface area contributed by atoms with Crippen molar-refractivity contribution in [2.24, 2.45) is 16.6 Å². The van der Waals surface area contributed by atoms with Gasteiger partial charge in [0.2, 0.25) is 17.7 Å². The molecular weight excluding hydrogens is 885 g/mol. The Morgan fingerprint density at radius 1 is 0.926 bits per heavy atom. The Morgan fingerprint density at radius 3 is 2.51 bits per heavy atom. The van der Waals surface area contributed by atoms with Crippen LogP contribution < -0.4 is 31.5 Å². The van der Waals surface area contributed by atoms with Crippen LogP contribution in [0.2, 0.25) is 0 Å². The SMILES string of the molecule is C[C@@H]1OCC2(CCN(c3cnc(Sc4cccc(NC(=O)CCCCN5CC6(CCN(c7ccc(C(=O)NCc8ccc9c(c8)CN(C8CCC(=O)NC8=O)C9=O)nn7)C6)C5)c4)cn3)CC2)[C@@H]1N. The number of hydrogen-bond acceptors (Lipinski definition) is 15. The zero-order valence-corrected chi connectivity index (χ0v) is 39.1. The summed E-state index contributed by atoms with van der Waals surface area (Å²) in [5.74, 6) is 0.278. The second-order valence-electron chi connectivity index (χ2n) is 19.5. The van der Waals surface area contributed by atoms with E-state index in [0.717, 1.165) is 123 Å². The van der Waals surface area contributed by atoms with E-state index in [9.17, 15) is 24.0 Å². The Hall–Kier alpha value is -6.02. The fourth-order valence-electron chi connectivity index (χ4n) is 10.9. The van der Waals surface area contributed by atoms with E-state index in [0.29, 0.717) is 18.4 Å². The van der Waals surface area contributed by atoms with E-state index in [1.165, 1.54) is 16.7 Å². The maximum atomic E-state index is 13.0. The van der Waals surface area contributed by atoms with Crippen molar-refractivity contribution in [1.29, 1.82) is 0 Å². The molecule has 8 heterocycles. The Labute approximate surface area is 399 Å². The Morgan fingerprint density at radius 2 is 1.76 bits per heavy atom. The molecule has 0 bridgehead atoms. The summed E-state index contributed by atoms with van der Waals surface area (Å²) in [5.41, 5.74) is 9.87. The highest BCUT2D eigenvalue weighted by molar-refractivity contribution is 7.99. The van der Waals surface area contributed by atoms with Crippen LogP contribution in [-0.2, 0) is 32.2 Å². The molecule has 5 N–H and O–H groups in total. The monoisotopic (exact) mass is 942 g/mol. The maximum Gasteiger partial charge on any atom is 0.272 e. The van der Waals surface area contributed by atoms with Crippen molar-refractivity contribution in [2.75, 3.05) is 67.5 Å². The topological polar surface area (TPSA) is 221 Å². The number of fused-ring (bicyclic) bond motifs is 1. The number of nitrogens with two attached hydrogens (primary N) is 1. The standard InChI is InChI=1S/C49H58N12O6S/c1-31-44(50)49(30-67-31)15-19-59(20-16-49)40-24-52-43(25-51-40)68-35-6-4-5-34(22-35)54-41(62)7-2-3-17-58-27-48(28-58)14-18-60(29-48)39-12-10-37(56-57-39)45(64)53-23-32-8-9-36-33(21-32)26-61(47(36)66)38-11-13-42(63)55-46(38)65/h4-6,8-10,12,21-22,24-25,31,38,44H,2-3,7,11,13-20,23,26-30,50H2,1H3,(H,53,64)(H,54,62)(H,55,63,65)/t31-,38?,44+/m0/s1. The Balaban J connectivity index is 0.609. The first-order valence-corrected chi connectivity index (χ1v) is 24.6. The van der Waals surface area contributed by atoms with Crippen LogP contribution in [0.1, 0.15) is 90.3 Å². The van der Waals surface area contributed by atoms with Gasteiger partial charge in [-0.05, 0) is 99.5 Å². The largest absolute Gasteiger partial charge is 0.376 e. The van der Waals surface area contributed by atoms with Crippen molar-refractivity contribution in [3.63, 3.8) is 0 Å². The highest BCUT2D eigenvalue weighted by atomic mass is 32.2. The summed E-state index contributed by atoms with van der Waals surface area (Å²) in [5, 5.41) is 17.8. The average molecular weight is 943 g/mol. The zero-order valence-electron chi connectivity index (χ0n) is 38.3. The zero-order chi connectivity index (χ0) is 47.0. The third-order valence-electron chi connectivity index (χ3n) is 14.8. The van der Waals surface area contributed by atoms with Crippen LogP contribution in [0.25, 0.3) is 0 Å². The van der Waals surface area contributed by atoms with E-state index in [1.807, 2.05) is 48.8 Å². The molecule has 3 atom stereocenters. The normalized spacial score (nSPS) is 22.9. The number of carbonyl (C=O) groups is 5. The molecule has 10 rings (SSSR count). The number of amides is 5. The van der Waals surface area contributed by atoms with Gasteiger partial charge in [0.15, 0.2) is 11.5 Å². The van der Waals surface area contributed by atoms with Gasteiger partial charge in [0.25, 0.3) is 11.8 Å². The van der Waals surface area contributed by atoms with E-state index >= 15 is 0 Å². The van der Waals surface area contributed by atoms with E-state index in [-0.39, 0.29) is 71.8 Å². The minimum absolute atomic E-state index is 0.00900. The van der Waals surface area contributed by atoms with Crippen LogP contribution in [0.5, 0.6) is 0 Å². The van der Waals surface area contributed by atoms with Gasteiger partial charge in [0.05, 0.1) is 25.1 Å². The predicted molar refractivity (Wildman–Crippen MR) is 254 cm³/mol. The van der Waals surface area contributed by atoms with Crippen LogP contribution in [0.15, 0.2) is 76.9 Å². The van der Waals surface area contributed by atoms with Crippen molar-refractivity contribution in [3.05, 3.63) is 89.4 Å². The smallest absolute Gasteiger partial charge is 0.272 e. The molecule has 5 amide bonds. The number of rotatable bonds is 14. The van der Waals surface area contributed by atoms with Crippen LogP contribution in [-0.4, -0.2) is 130 Å². The van der Waals surface area contributed by atoms with E-state index in [4.69, 9.17) is 20.4 Å². The summed E-state index contributed by atoms with van der Waals surface area (Å²) in [6.45, 7) is 9.82. The van der Waals surface area contributed by atoms with Gasteiger partial charge in [-0.2, -0.15) is 0 Å². The third kappa shape index (κ3) is 9.66. The number of likely N-dealkylation sites (tertiary alicyclic amines) is 1. The first kappa shape index (κ1) is 45.7. The number of unbranched alkanes of at least 4 members (excludes halogenated alkanes) is 1. The van der Waals surface area contributed by atoms with Gasteiger partial charge in [0.1, 0.15) is 16.9 Å². The fraction of sp³-hybridized carbons (Fsp3) is 0.490. The Kier molecular flexibility index (Phi) is 12.9. The Bertz CT molecular complexity index is 2570. The number of aromatic nitrogens is 4. The van der Waals surface area contributed by atoms with Crippen molar-refractivity contribution < 1.29 is 28.7 Å². The lowest BCUT2D eigenvalue weighted by Crippen LogP contribution is -2.57.